The summed E-state index contributed by atoms with van der Waals surface area (Å²) in [6, 6.07) is 14.5. The highest BCUT2D eigenvalue weighted by Gasteiger charge is 2.35. The largest absolute Gasteiger partial charge is 0.491 e. The van der Waals surface area contributed by atoms with Gasteiger partial charge in [-0.05, 0) is 63.1 Å². The maximum atomic E-state index is 13.0. The Balaban J connectivity index is 1.40. The predicted octanol–water partition coefficient (Wildman–Crippen LogP) is 4.14. The topological polar surface area (TPSA) is 87.7 Å². The number of rotatable bonds is 7. The van der Waals surface area contributed by atoms with Crippen molar-refractivity contribution in [2.75, 3.05) is 16.8 Å². The molecule has 174 valence electrons. The lowest BCUT2D eigenvalue weighted by molar-refractivity contribution is -0.122. The summed E-state index contributed by atoms with van der Waals surface area (Å²) in [6.45, 7) is 4.21. The third-order valence-electron chi connectivity index (χ3n) is 6.14. The lowest BCUT2D eigenvalue weighted by Crippen LogP contribution is -2.34. The van der Waals surface area contributed by atoms with Gasteiger partial charge in [-0.2, -0.15) is 0 Å². The molecule has 3 amide bonds. The van der Waals surface area contributed by atoms with Gasteiger partial charge in [-0.15, -0.1) is 0 Å². The second-order valence-electron chi connectivity index (χ2n) is 9.06. The Morgan fingerprint density at radius 2 is 1.73 bits per heavy atom. The fourth-order valence-electron chi connectivity index (χ4n) is 4.47. The molecule has 0 unspecified atom stereocenters. The number of anilines is 2. The van der Waals surface area contributed by atoms with Crippen LogP contribution >= 0.6 is 0 Å². The molecule has 2 fully saturated rings. The summed E-state index contributed by atoms with van der Waals surface area (Å²) in [7, 11) is 0. The Morgan fingerprint density at radius 3 is 2.42 bits per heavy atom. The van der Waals surface area contributed by atoms with Crippen LogP contribution in [-0.2, 0) is 9.59 Å². The quantitative estimate of drug-likeness (QED) is 0.665. The normalized spacial score (nSPS) is 18.6. The van der Waals surface area contributed by atoms with Crippen LogP contribution in [-0.4, -0.2) is 36.4 Å². The molecular formula is C26H31N3O4. The molecule has 4 rings (SSSR count). The first-order valence-corrected chi connectivity index (χ1v) is 11.7. The number of hydrogen-bond acceptors (Lipinski definition) is 4. The third-order valence-corrected chi connectivity index (χ3v) is 6.14. The highest BCUT2D eigenvalue weighted by atomic mass is 16.5. The molecule has 1 aliphatic carbocycles. The van der Waals surface area contributed by atoms with Crippen LogP contribution in [0.15, 0.2) is 48.5 Å². The number of nitrogens with one attached hydrogen (secondary N) is 2. The molecular weight excluding hydrogens is 418 g/mol. The van der Waals surface area contributed by atoms with Crippen LogP contribution in [0.4, 0.5) is 11.4 Å². The van der Waals surface area contributed by atoms with E-state index >= 15 is 0 Å². The molecule has 2 N–H and O–H groups in total. The fraction of sp³-hybridized carbons (Fsp3) is 0.423. The second kappa shape index (κ2) is 10.1. The Hall–Kier alpha value is -3.35. The maximum Gasteiger partial charge on any atom is 0.253 e. The molecule has 2 aromatic carbocycles. The fourth-order valence-corrected chi connectivity index (χ4v) is 4.47. The zero-order valence-electron chi connectivity index (χ0n) is 19.2. The van der Waals surface area contributed by atoms with Crippen LogP contribution in [0.5, 0.6) is 5.75 Å². The Morgan fingerprint density at radius 1 is 1.03 bits per heavy atom. The molecule has 1 heterocycles. The van der Waals surface area contributed by atoms with Gasteiger partial charge in [0.2, 0.25) is 11.8 Å². The molecule has 1 saturated carbocycles. The van der Waals surface area contributed by atoms with Crippen molar-refractivity contribution in [1.82, 2.24) is 5.32 Å². The SMILES string of the molecule is CC(C)Oc1ccc(N2C[C@@H](C(=O)Nc3ccccc3C(=O)NC3CCCC3)CC2=O)cc1. The minimum Gasteiger partial charge on any atom is -0.491 e. The highest BCUT2D eigenvalue weighted by Crippen LogP contribution is 2.28. The molecule has 1 atom stereocenters. The van der Waals surface area contributed by atoms with Gasteiger partial charge in [-0.3, -0.25) is 14.4 Å². The summed E-state index contributed by atoms with van der Waals surface area (Å²) in [5.74, 6) is -0.283. The Bertz CT molecular complexity index is 1010. The van der Waals surface area contributed by atoms with E-state index in [9.17, 15) is 14.4 Å². The van der Waals surface area contributed by atoms with E-state index in [1.165, 1.54) is 0 Å². The zero-order chi connectivity index (χ0) is 23.4. The molecule has 2 aromatic rings. The van der Waals surface area contributed by atoms with Crippen molar-refractivity contribution >= 4 is 29.1 Å². The first kappa shape index (κ1) is 22.8. The first-order chi connectivity index (χ1) is 15.9. The average Bonchev–Trinajstić information content (AvgIpc) is 3.44. The number of para-hydroxylation sites is 1. The van der Waals surface area contributed by atoms with Gasteiger partial charge in [0, 0.05) is 24.7 Å². The van der Waals surface area contributed by atoms with Crippen molar-refractivity contribution in [2.45, 2.75) is 58.1 Å². The van der Waals surface area contributed by atoms with Crippen molar-refractivity contribution in [3.05, 3.63) is 54.1 Å². The van der Waals surface area contributed by atoms with Gasteiger partial charge < -0.3 is 20.3 Å². The average molecular weight is 450 g/mol. The molecule has 0 radical (unpaired) electrons. The molecule has 7 nitrogen and oxygen atoms in total. The van der Waals surface area contributed by atoms with Gasteiger partial charge in [0.05, 0.1) is 23.3 Å². The van der Waals surface area contributed by atoms with Crippen molar-refractivity contribution in [3.63, 3.8) is 0 Å². The van der Waals surface area contributed by atoms with Crippen LogP contribution in [0, 0.1) is 5.92 Å². The van der Waals surface area contributed by atoms with Gasteiger partial charge in [0.25, 0.3) is 5.91 Å². The predicted molar refractivity (Wildman–Crippen MR) is 127 cm³/mol. The maximum absolute atomic E-state index is 13.0. The lowest BCUT2D eigenvalue weighted by atomic mass is 10.1. The van der Waals surface area contributed by atoms with E-state index in [1.807, 2.05) is 38.1 Å². The monoisotopic (exact) mass is 449 g/mol. The Kier molecular flexibility index (Phi) is 6.96. The van der Waals surface area contributed by atoms with E-state index in [-0.39, 0.29) is 36.3 Å². The lowest BCUT2D eigenvalue weighted by Gasteiger charge is -2.18. The van der Waals surface area contributed by atoms with Crippen molar-refractivity contribution in [3.8, 4) is 5.75 Å². The summed E-state index contributed by atoms with van der Waals surface area (Å²) < 4.78 is 5.66. The first-order valence-electron chi connectivity index (χ1n) is 11.7. The number of hydrogen-bond donors (Lipinski definition) is 2. The van der Waals surface area contributed by atoms with E-state index < -0.39 is 5.92 Å². The summed E-state index contributed by atoms with van der Waals surface area (Å²) in [6.07, 6.45) is 4.44. The van der Waals surface area contributed by atoms with Crippen LogP contribution in [0.25, 0.3) is 0 Å². The molecule has 0 bridgehead atoms. The van der Waals surface area contributed by atoms with Crippen LogP contribution in [0.1, 0.15) is 56.3 Å². The summed E-state index contributed by atoms with van der Waals surface area (Å²) in [5.41, 5.74) is 1.65. The number of carbonyl (C=O) groups excluding carboxylic acids is 3. The van der Waals surface area contributed by atoms with Crippen molar-refractivity contribution < 1.29 is 19.1 Å². The molecule has 1 aliphatic heterocycles. The summed E-state index contributed by atoms with van der Waals surface area (Å²) >= 11 is 0. The second-order valence-corrected chi connectivity index (χ2v) is 9.06. The Labute approximate surface area is 194 Å². The van der Waals surface area contributed by atoms with Gasteiger partial charge in [-0.1, -0.05) is 25.0 Å². The number of ether oxygens (including phenoxy) is 1. The number of nitrogens with zero attached hydrogens (tertiary/aromatic N) is 1. The third kappa shape index (κ3) is 5.53. The smallest absolute Gasteiger partial charge is 0.253 e. The molecule has 7 heteroatoms. The molecule has 2 aliphatic rings. The highest BCUT2D eigenvalue weighted by molar-refractivity contribution is 6.07. The van der Waals surface area contributed by atoms with Crippen molar-refractivity contribution in [1.29, 1.82) is 0 Å². The van der Waals surface area contributed by atoms with Gasteiger partial charge >= 0.3 is 0 Å². The van der Waals surface area contributed by atoms with Crippen LogP contribution < -0.4 is 20.3 Å². The van der Waals surface area contributed by atoms with E-state index in [1.54, 1.807) is 29.2 Å². The number of benzene rings is 2. The number of amides is 3. The minimum atomic E-state index is -0.491. The van der Waals surface area contributed by atoms with Gasteiger partial charge in [0.1, 0.15) is 5.75 Å². The standard InChI is InChI=1S/C26H31N3O4/c1-17(2)33-21-13-11-20(12-14-21)29-16-18(15-24(29)30)25(31)28-23-10-6-5-9-22(23)26(32)27-19-7-3-4-8-19/h5-6,9-14,17-19H,3-4,7-8,15-16H2,1-2H3,(H,27,32)(H,28,31)/t18-/m0/s1. The van der Waals surface area contributed by atoms with E-state index in [0.717, 1.165) is 37.1 Å². The molecule has 0 spiro atoms. The van der Waals surface area contributed by atoms with E-state index in [2.05, 4.69) is 10.6 Å². The summed E-state index contributed by atoms with van der Waals surface area (Å²) in [5, 5.41) is 5.95. The van der Waals surface area contributed by atoms with Crippen LogP contribution in [0.2, 0.25) is 0 Å². The van der Waals surface area contributed by atoms with Crippen molar-refractivity contribution in [2.24, 2.45) is 5.92 Å². The van der Waals surface area contributed by atoms with Crippen LogP contribution in [0.3, 0.4) is 0 Å². The molecule has 0 aromatic heterocycles. The van der Waals surface area contributed by atoms with E-state index in [0.29, 0.717) is 17.8 Å². The zero-order valence-corrected chi connectivity index (χ0v) is 19.2. The van der Waals surface area contributed by atoms with Gasteiger partial charge in [-0.25, -0.2) is 0 Å². The number of carbonyl (C=O) groups is 3. The van der Waals surface area contributed by atoms with E-state index in [4.69, 9.17) is 4.74 Å². The molecule has 1 saturated heterocycles. The van der Waals surface area contributed by atoms with Gasteiger partial charge in [0.15, 0.2) is 0 Å². The molecule has 33 heavy (non-hydrogen) atoms. The summed E-state index contributed by atoms with van der Waals surface area (Å²) in [4.78, 5) is 40.0. The minimum absolute atomic E-state index is 0.0699.